The quantitative estimate of drug-likeness (QED) is 0.145. The summed E-state index contributed by atoms with van der Waals surface area (Å²) in [6.45, 7) is 0. The maximum atomic E-state index is 2.45. The molecule has 1 aromatic heterocycles. The predicted octanol–water partition coefficient (Wildman–Crippen LogP) is 17.9. The molecule has 0 amide bonds. The highest BCUT2D eigenvalue weighted by Crippen LogP contribution is 2.47. The third kappa shape index (κ3) is 6.18. The maximum Gasteiger partial charge on any atom is 0.0541 e. The van der Waals surface area contributed by atoms with E-state index >= 15 is 0 Å². The van der Waals surface area contributed by atoms with Gasteiger partial charge in [-0.2, -0.15) is 0 Å². The normalized spacial score (nSPS) is 11.6. The van der Waals surface area contributed by atoms with Gasteiger partial charge >= 0.3 is 0 Å². The van der Waals surface area contributed by atoms with E-state index in [4.69, 9.17) is 0 Å². The number of aromatic nitrogens is 1. The number of anilines is 3. The van der Waals surface area contributed by atoms with Crippen LogP contribution in [0.2, 0.25) is 0 Å². The van der Waals surface area contributed by atoms with E-state index in [1.165, 1.54) is 92.7 Å². The van der Waals surface area contributed by atoms with Gasteiger partial charge in [-0.15, -0.1) is 0 Å². The third-order valence-corrected chi connectivity index (χ3v) is 13.5. The first-order chi connectivity index (χ1) is 32.7. The van der Waals surface area contributed by atoms with Crippen molar-refractivity contribution in [2.75, 3.05) is 4.90 Å². The van der Waals surface area contributed by atoms with E-state index in [2.05, 4.69) is 264 Å². The van der Waals surface area contributed by atoms with Crippen LogP contribution in [-0.2, 0) is 0 Å². The standard InChI is InChI=1S/C64H42N2/c1-4-18-44(19-5-1)63-58-29-13-12-27-55(58)56-37-35-52(42-60(56)64(63)45-20-6-2-7-21-45)65(51-34-36-54-48(40-51)32-31-43-17-10-11-26-53(43)54)50-25-16-22-46(39-50)47-33-38-62-59(41-47)57-28-14-15-30-61(57)66(62)49-23-8-3-9-24-49/h1-42H. The molecule has 0 atom stereocenters. The summed E-state index contributed by atoms with van der Waals surface area (Å²) in [5.74, 6) is 0. The molecule has 13 rings (SSSR count). The lowest BCUT2D eigenvalue weighted by Gasteiger charge is -2.28. The summed E-state index contributed by atoms with van der Waals surface area (Å²) in [6, 6.07) is 93.4. The summed E-state index contributed by atoms with van der Waals surface area (Å²) >= 11 is 0. The second-order valence-electron chi connectivity index (χ2n) is 17.3. The summed E-state index contributed by atoms with van der Waals surface area (Å²) in [6.07, 6.45) is 0. The Bertz CT molecular complexity index is 3980. The topological polar surface area (TPSA) is 8.17 Å². The molecule has 13 aromatic rings. The van der Waals surface area contributed by atoms with Crippen molar-refractivity contribution in [2.24, 2.45) is 0 Å². The monoisotopic (exact) mass is 838 g/mol. The average Bonchev–Trinajstić information content (AvgIpc) is 3.73. The summed E-state index contributed by atoms with van der Waals surface area (Å²) in [7, 11) is 0. The number of fused-ring (bicyclic) bond motifs is 9. The highest BCUT2D eigenvalue weighted by molar-refractivity contribution is 6.22. The lowest BCUT2D eigenvalue weighted by atomic mass is 9.85. The molecule has 0 saturated carbocycles. The van der Waals surface area contributed by atoms with Crippen LogP contribution < -0.4 is 4.90 Å². The Labute approximate surface area is 383 Å². The zero-order valence-electron chi connectivity index (χ0n) is 36.1. The summed E-state index contributed by atoms with van der Waals surface area (Å²) in [5.41, 5.74) is 14.0. The lowest BCUT2D eigenvalue weighted by Crippen LogP contribution is -2.10. The van der Waals surface area contributed by atoms with Crippen molar-refractivity contribution >= 4 is 82.0 Å². The summed E-state index contributed by atoms with van der Waals surface area (Å²) < 4.78 is 2.38. The van der Waals surface area contributed by atoms with Crippen LogP contribution >= 0.6 is 0 Å². The Morgan fingerprint density at radius 2 is 0.758 bits per heavy atom. The van der Waals surface area contributed by atoms with E-state index in [9.17, 15) is 0 Å². The number of hydrogen-bond acceptors (Lipinski definition) is 1. The first-order valence-electron chi connectivity index (χ1n) is 22.8. The Morgan fingerprint density at radius 3 is 1.53 bits per heavy atom. The molecule has 0 aliphatic heterocycles. The molecule has 0 N–H and O–H groups in total. The minimum Gasteiger partial charge on any atom is -0.310 e. The van der Waals surface area contributed by atoms with Crippen molar-refractivity contribution < 1.29 is 0 Å². The molecule has 0 unspecified atom stereocenters. The Hall–Kier alpha value is -8.72. The number of hydrogen-bond donors (Lipinski definition) is 0. The molecular weight excluding hydrogens is 797 g/mol. The number of rotatable bonds is 7. The molecule has 12 aromatic carbocycles. The molecule has 0 aliphatic rings. The molecule has 0 saturated heterocycles. The smallest absolute Gasteiger partial charge is 0.0541 e. The summed E-state index contributed by atoms with van der Waals surface area (Å²) in [4.78, 5) is 2.45. The van der Waals surface area contributed by atoms with E-state index in [1.807, 2.05) is 0 Å². The van der Waals surface area contributed by atoms with E-state index in [0.717, 1.165) is 28.3 Å². The van der Waals surface area contributed by atoms with Crippen molar-refractivity contribution in [2.45, 2.75) is 0 Å². The van der Waals surface area contributed by atoms with Gasteiger partial charge in [-0.05, 0) is 143 Å². The van der Waals surface area contributed by atoms with Gasteiger partial charge in [-0.1, -0.05) is 188 Å². The Morgan fingerprint density at radius 1 is 0.242 bits per heavy atom. The van der Waals surface area contributed by atoms with Gasteiger partial charge in [0.15, 0.2) is 0 Å². The van der Waals surface area contributed by atoms with Crippen molar-refractivity contribution in [1.29, 1.82) is 0 Å². The van der Waals surface area contributed by atoms with Crippen LogP contribution in [0.5, 0.6) is 0 Å². The van der Waals surface area contributed by atoms with Gasteiger partial charge in [0, 0.05) is 33.5 Å². The predicted molar refractivity (Wildman–Crippen MR) is 282 cm³/mol. The molecule has 0 fully saturated rings. The molecule has 0 bridgehead atoms. The van der Waals surface area contributed by atoms with E-state index in [-0.39, 0.29) is 0 Å². The van der Waals surface area contributed by atoms with Crippen LogP contribution in [0.1, 0.15) is 0 Å². The fraction of sp³-hybridized carbons (Fsp3) is 0. The van der Waals surface area contributed by atoms with Crippen molar-refractivity contribution in [3.05, 3.63) is 255 Å². The Balaban J connectivity index is 1.05. The van der Waals surface area contributed by atoms with Crippen molar-refractivity contribution in [1.82, 2.24) is 4.57 Å². The highest BCUT2D eigenvalue weighted by Gasteiger charge is 2.21. The largest absolute Gasteiger partial charge is 0.310 e. The van der Waals surface area contributed by atoms with E-state index in [0.29, 0.717) is 0 Å². The van der Waals surface area contributed by atoms with Gasteiger partial charge in [0.1, 0.15) is 0 Å². The molecule has 2 heteroatoms. The van der Waals surface area contributed by atoms with Gasteiger partial charge in [-0.25, -0.2) is 0 Å². The average molecular weight is 839 g/mol. The van der Waals surface area contributed by atoms with Crippen molar-refractivity contribution in [3.8, 4) is 39.1 Å². The van der Waals surface area contributed by atoms with Gasteiger partial charge in [0.25, 0.3) is 0 Å². The van der Waals surface area contributed by atoms with E-state index < -0.39 is 0 Å². The molecule has 0 spiro atoms. The van der Waals surface area contributed by atoms with Gasteiger partial charge in [-0.3, -0.25) is 0 Å². The van der Waals surface area contributed by atoms with E-state index in [1.54, 1.807) is 0 Å². The first kappa shape index (κ1) is 37.8. The van der Waals surface area contributed by atoms with Crippen LogP contribution in [-0.4, -0.2) is 4.57 Å². The maximum absolute atomic E-state index is 2.45. The zero-order chi connectivity index (χ0) is 43.6. The minimum absolute atomic E-state index is 1.09. The van der Waals surface area contributed by atoms with Gasteiger partial charge in [0.2, 0.25) is 0 Å². The number of para-hydroxylation sites is 2. The van der Waals surface area contributed by atoms with Crippen LogP contribution in [0, 0.1) is 0 Å². The SMILES string of the molecule is c1ccc(-c2c(-c3ccccc3)c3cc(N(c4cccc(-c5ccc6c(c5)c5ccccc5n6-c5ccccc5)c4)c4ccc5c(ccc6ccccc65)c4)ccc3c3ccccc23)cc1. The van der Waals surface area contributed by atoms with Crippen LogP contribution in [0.4, 0.5) is 17.1 Å². The molecule has 0 aliphatic carbocycles. The molecule has 0 radical (unpaired) electrons. The molecule has 1 heterocycles. The minimum atomic E-state index is 1.09. The second-order valence-corrected chi connectivity index (χ2v) is 17.3. The fourth-order valence-electron chi connectivity index (χ4n) is 10.5. The third-order valence-electron chi connectivity index (χ3n) is 13.5. The zero-order valence-corrected chi connectivity index (χ0v) is 36.1. The number of benzene rings is 12. The molecular formula is C64H42N2. The summed E-state index contributed by atoms with van der Waals surface area (Å²) in [5, 5.41) is 12.4. The number of nitrogens with zero attached hydrogens (tertiary/aromatic N) is 2. The molecule has 66 heavy (non-hydrogen) atoms. The lowest BCUT2D eigenvalue weighted by molar-refractivity contribution is 1.18. The van der Waals surface area contributed by atoms with Gasteiger partial charge < -0.3 is 9.47 Å². The second kappa shape index (κ2) is 15.5. The fourth-order valence-corrected chi connectivity index (χ4v) is 10.5. The van der Waals surface area contributed by atoms with Crippen LogP contribution in [0.15, 0.2) is 255 Å². The Kier molecular flexibility index (Phi) is 8.89. The van der Waals surface area contributed by atoms with Crippen LogP contribution in [0.25, 0.3) is 104 Å². The van der Waals surface area contributed by atoms with Crippen molar-refractivity contribution in [3.63, 3.8) is 0 Å². The van der Waals surface area contributed by atoms with Crippen LogP contribution in [0.3, 0.4) is 0 Å². The highest BCUT2D eigenvalue weighted by atomic mass is 15.1. The van der Waals surface area contributed by atoms with Gasteiger partial charge in [0.05, 0.1) is 11.0 Å². The molecule has 308 valence electrons. The first-order valence-corrected chi connectivity index (χ1v) is 22.8. The molecule has 2 nitrogen and oxygen atoms in total.